The van der Waals surface area contributed by atoms with Crippen molar-refractivity contribution in [3.63, 3.8) is 0 Å². The first kappa shape index (κ1) is 15.6. The number of carbonyl (C=O) groups excluding carboxylic acids is 1. The van der Waals surface area contributed by atoms with E-state index in [1.165, 1.54) is 30.4 Å². The summed E-state index contributed by atoms with van der Waals surface area (Å²) >= 11 is 0. The number of ether oxygens (including phenoxy) is 1. The van der Waals surface area contributed by atoms with Crippen molar-refractivity contribution in [2.45, 2.75) is 65.2 Å². The van der Waals surface area contributed by atoms with E-state index in [4.69, 9.17) is 4.74 Å². The maximum Gasteiger partial charge on any atom is 0.163 e. The molecule has 3 rings (SSSR count). The molecule has 0 bridgehead atoms. The van der Waals surface area contributed by atoms with Crippen molar-refractivity contribution in [2.24, 2.45) is 11.3 Å². The molecular weight excluding hydrogens is 272 g/mol. The maximum atomic E-state index is 12.8. The molecule has 0 saturated heterocycles. The second-order valence-electron chi connectivity index (χ2n) is 8.00. The zero-order valence-corrected chi connectivity index (χ0v) is 14.6. The molecule has 2 aliphatic carbocycles. The zero-order valence-electron chi connectivity index (χ0n) is 14.6. The van der Waals surface area contributed by atoms with E-state index in [1.807, 2.05) is 6.07 Å². The fourth-order valence-electron chi connectivity index (χ4n) is 5.04. The number of hydrogen-bond acceptors (Lipinski definition) is 2. The Bertz CT molecular complexity index is 614. The number of aryl methyl sites for hydroxylation is 1. The molecule has 0 amide bonds. The van der Waals surface area contributed by atoms with Crippen LogP contribution < -0.4 is 4.74 Å². The van der Waals surface area contributed by atoms with Crippen LogP contribution in [0.5, 0.6) is 5.75 Å². The molecule has 0 aliphatic heterocycles. The molecule has 1 fully saturated rings. The molecule has 0 N–H and O–H groups in total. The Hall–Kier alpha value is -1.31. The first-order valence-electron chi connectivity index (χ1n) is 8.58. The molecule has 2 aliphatic rings. The molecule has 2 atom stereocenters. The molecule has 0 heterocycles. The van der Waals surface area contributed by atoms with Crippen molar-refractivity contribution in [3.8, 4) is 5.75 Å². The minimum atomic E-state index is 0.126. The summed E-state index contributed by atoms with van der Waals surface area (Å²) in [7, 11) is 1.70. The van der Waals surface area contributed by atoms with Gasteiger partial charge in [-0.3, -0.25) is 4.79 Å². The minimum absolute atomic E-state index is 0.126. The summed E-state index contributed by atoms with van der Waals surface area (Å²) in [5, 5.41) is 0. The number of methoxy groups -OCH3 is 1. The van der Waals surface area contributed by atoms with E-state index in [2.05, 4.69) is 33.8 Å². The number of carbonyl (C=O) groups is 1. The van der Waals surface area contributed by atoms with E-state index >= 15 is 0 Å². The van der Waals surface area contributed by atoms with E-state index < -0.39 is 0 Å². The fraction of sp³-hybridized carbons (Fsp3) is 0.650. The molecule has 1 aromatic rings. The van der Waals surface area contributed by atoms with Crippen LogP contribution in [0.1, 0.15) is 74.9 Å². The Balaban J connectivity index is 2.21. The van der Waals surface area contributed by atoms with E-state index in [0.717, 1.165) is 17.7 Å². The molecule has 0 aromatic heterocycles. The van der Waals surface area contributed by atoms with Gasteiger partial charge in [-0.05, 0) is 53.2 Å². The van der Waals surface area contributed by atoms with Gasteiger partial charge in [0.05, 0.1) is 7.11 Å². The van der Waals surface area contributed by atoms with E-state index in [-0.39, 0.29) is 10.8 Å². The lowest BCUT2D eigenvalue weighted by Gasteiger charge is -2.54. The minimum Gasteiger partial charge on any atom is -0.496 e. The van der Waals surface area contributed by atoms with Crippen LogP contribution in [0.4, 0.5) is 0 Å². The van der Waals surface area contributed by atoms with Gasteiger partial charge < -0.3 is 4.74 Å². The highest BCUT2D eigenvalue weighted by atomic mass is 16.5. The summed E-state index contributed by atoms with van der Waals surface area (Å²) in [6.07, 6.45) is 5.30. The highest BCUT2D eigenvalue weighted by Crippen LogP contribution is 2.57. The van der Waals surface area contributed by atoms with Crippen molar-refractivity contribution >= 4 is 5.78 Å². The smallest absolute Gasteiger partial charge is 0.163 e. The number of ketones is 1. The van der Waals surface area contributed by atoms with E-state index in [9.17, 15) is 4.79 Å². The Kier molecular flexibility index (Phi) is 3.62. The molecule has 2 unspecified atom stereocenters. The monoisotopic (exact) mass is 300 g/mol. The van der Waals surface area contributed by atoms with Crippen LogP contribution in [0, 0.1) is 11.3 Å². The summed E-state index contributed by atoms with van der Waals surface area (Å²) in [6, 6.07) is 4.26. The van der Waals surface area contributed by atoms with Gasteiger partial charge in [-0.25, -0.2) is 0 Å². The Morgan fingerprint density at radius 1 is 1.23 bits per heavy atom. The van der Waals surface area contributed by atoms with Crippen LogP contribution in [0.15, 0.2) is 12.1 Å². The predicted octanol–water partition coefficient (Wildman–Crippen LogP) is 4.93. The second kappa shape index (κ2) is 5.11. The Morgan fingerprint density at radius 3 is 2.59 bits per heavy atom. The summed E-state index contributed by atoms with van der Waals surface area (Å²) in [6.45, 7) is 9.23. The average Bonchev–Trinajstić information content (AvgIpc) is 2.48. The van der Waals surface area contributed by atoms with Crippen LogP contribution in [-0.4, -0.2) is 12.9 Å². The lowest BCUT2D eigenvalue weighted by Crippen LogP contribution is -2.49. The Morgan fingerprint density at radius 2 is 1.95 bits per heavy atom. The summed E-state index contributed by atoms with van der Waals surface area (Å²) < 4.78 is 5.51. The van der Waals surface area contributed by atoms with E-state index in [1.54, 1.807) is 7.11 Å². The number of hydrogen-bond donors (Lipinski definition) is 0. The Labute approximate surface area is 134 Å². The van der Waals surface area contributed by atoms with Gasteiger partial charge in [0.15, 0.2) is 5.78 Å². The third-order valence-corrected chi connectivity index (χ3v) is 6.34. The molecule has 2 nitrogen and oxygen atoms in total. The second-order valence-corrected chi connectivity index (χ2v) is 8.00. The third kappa shape index (κ3) is 2.11. The zero-order chi connectivity index (χ0) is 16.1. The van der Waals surface area contributed by atoms with Crippen molar-refractivity contribution < 1.29 is 9.53 Å². The lowest BCUT2D eigenvalue weighted by molar-refractivity contribution is 0.0368. The van der Waals surface area contributed by atoms with Gasteiger partial charge in [0.25, 0.3) is 0 Å². The summed E-state index contributed by atoms with van der Waals surface area (Å²) in [4.78, 5) is 12.8. The van der Waals surface area contributed by atoms with Gasteiger partial charge in [0.2, 0.25) is 0 Å². The average molecular weight is 300 g/mol. The third-order valence-electron chi connectivity index (χ3n) is 6.34. The summed E-state index contributed by atoms with van der Waals surface area (Å²) in [5.74, 6) is 1.62. The molecule has 1 aromatic carbocycles. The van der Waals surface area contributed by atoms with Crippen LogP contribution in [0.2, 0.25) is 0 Å². The number of Topliss-reactive ketones (excluding diaryl/α,β-unsaturated/α-hetero) is 1. The SMILES string of the molecule is CCc1cc2c(cc1OC)C(=O)CC1C(C)(C)CCCC21C. The molecule has 2 heteroatoms. The van der Waals surface area contributed by atoms with Gasteiger partial charge in [-0.1, -0.05) is 40.2 Å². The quantitative estimate of drug-likeness (QED) is 0.774. The van der Waals surface area contributed by atoms with Crippen LogP contribution >= 0.6 is 0 Å². The highest BCUT2D eigenvalue weighted by Gasteiger charge is 2.51. The normalized spacial score (nSPS) is 29.7. The van der Waals surface area contributed by atoms with Crippen molar-refractivity contribution in [1.82, 2.24) is 0 Å². The van der Waals surface area contributed by atoms with E-state index in [0.29, 0.717) is 18.1 Å². The summed E-state index contributed by atoms with van der Waals surface area (Å²) in [5.41, 5.74) is 3.78. The molecular formula is C20H28O2. The van der Waals surface area contributed by atoms with Crippen LogP contribution in [0.3, 0.4) is 0 Å². The van der Waals surface area contributed by atoms with Gasteiger partial charge in [0.1, 0.15) is 5.75 Å². The van der Waals surface area contributed by atoms with Gasteiger partial charge in [-0.2, -0.15) is 0 Å². The number of fused-ring (bicyclic) bond motifs is 3. The molecule has 0 spiro atoms. The molecule has 1 saturated carbocycles. The first-order valence-corrected chi connectivity index (χ1v) is 8.58. The lowest BCUT2D eigenvalue weighted by atomic mass is 9.50. The van der Waals surface area contributed by atoms with Crippen molar-refractivity contribution in [3.05, 3.63) is 28.8 Å². The molecule has 120 valence electrons. The van der Waals surface area contributed by atoms with Crippen LogP contribution in [0.25, 0.3) is 0 Å². The number of benzene rings is 1. The number of rotatable bonds is 2. The largest absolute Gasteiger partial charge is 0.496 e. The molecule has 0 radical (unpaired) electrons. The van der Waals surface area contributed by atoms with Crippen molar-refractivity contribution in [2.75, 3.05) is 7.11 Å². The standard InChI is InChI=1S/C20H28O2/c1-6-13-10-15-14(11-17(13)22-5)16(21)12-18-19(2,3)8-7-9-20(15,18)4/h10-11,18H,6-9,12H2,1-5H3. The van der Waals surface area contributed by atoms with Gasteiger partial charge in [-0.15, -0.1) is 0 Å². The maximum absolute atomic E-state index is 12.8. The van der Waals surface area contributed by atoms with Crippen LogP contribution in [-0.2, 0) is 11.8 Å². The molecule has 22 heavy (non-hydrogen) atoms. The first-order chi connectivity index (χ1) is 10.3. The van der Waals surface area contributed by atoms with Gasteiger partial charge >= 0.3 is 0 Å². The predicted molar refractivity (Wildman–Crippen MR) is 89.8 cm³/mol. The highest BCUT2D eigenvalue weighted by molar-refractivity contribution is 6.00. The topological polar surface area (TPSA) is 26.3 Å². The van der Waals surface area contributed by atoms with Crippen molar-refractivity contribution in [1.29, 1.82) is 0 Å². The fourth-order valence-corrected chi connectivity index (χ4v) is 5.04. The van der Waals surface area contributed by atoms with Gasteiger partial charge in [0, 0.05) is 12.0 Å².